The molecule has 7 heteroatoms. The molecule has 1 saturated heterocycles. The summed E-state index contributed by atoms with van der Waals surface area (Å²) < 4.78 is 0. The molecule has 2 heterocycles. The summed E-state index contributed by atoms with van der Waals surface area (Å²) in [5.74, 6) is 0.631. The second-order valence-corrected chi connectivity index (χ2v) is 4.00. The summed E-state index contributed by atoms with van der Waals surface area (Å²) in [6, 6.07) is 0. The quantitative estimate of drug-likeness (QED) is 0.448. The van der Waals surface area contributed by atoms with Gasteiger partial charge in [0.2, 0.25) is 5.91 Å². The molecule has 0 N–H and O–H groups in total. The van der Waals surface area contributed by atoms with Gasteiger partial charge in [0, 0.05) is 24.4 Å². The zero-order valence-corrected chi connectivity index (χ0v) is 9.44. The highest BCUT2D eigenvalue weighted by Crippen LogP contribution is 2.22. The van der Waals surface area contributed by atoms with E-state index >= 15 is 0 Å². The zero-order valence-electron chi connectivity index (χ0n) is 9.44. The summed E-state index contributed by atoms with van der Waals surface area (Å²) in [5.41, 5.74) is 9.05. The lowest BCUT2D eigenvalue weighted by Crippen LogP contribution is -2.25. The first kappa shape index (κ1) is 11.3. The number of carbonyl (C=O) groups excluding carboxylic acids is 1. The van der Waals surface area contributed by atoms with E-state index in [1.54, 1.807) is 17.3 Å². The Morgan fingerprint density at radius 1 is 1.59 bits per heavy atom. The molecule has 1 atom stereocenters. The molecule has 1 aromatic heterocycles. The van der Waals surface area contributed by atoms with Crippen molar-refractivity contribution in [1.82, 2.24) is 9.97 Å². The lowest BCUT2D eigenvalue weighted by molar-refractivity contribution is -0.117. The first-order valence-corrected chi connectivity index (χ1v) is 5.30. The molecule has 88 valence electrons. The maximum absolute atomic E-state index is 11.8. The van der Waals surface area contributed by atoms with Crippen LogP contribution in [0.5, 0.6) is 0 Å². The minimum atomic E-state index is 0.00120. The largest absolute Gasteiger partial charge is 0.295 e. The van der Waals surface area contributed by atoms with Crippen molar-refractivity contribution in [2.24, 2.45) is 11.0 Å². The Morgan fingerprint density at radius 3 is 3.06 bits per heavy atom. The molecule has 1 amide bonds. The Hall–Kier alpha value is -2.14. The van der Waals surface area contributed by atoms with E-state index in [4.69, 9.17) is 5.53 Å². The molecule has 0 bridgehead atoms. The molecule has 0 spiro atoms. The average molecular weight is 232 g/mol. The third-order valence-corrected chi connectivity index (χ3v) is 2.65. The van der Waals surface area contributed by atoms with E-state index in [1.165, 1.54) is 0 Å². The summed E-state index contributed by atoms with van der Waals surface area (Å²) in [6.45, 7) is 2.72. The third-order valence-electron chi connectivity index (χ3n) is 2.65. The Balaban J connectivity index is 2.10. The van der Waals surface area contributed by atoms with Gasteiger partial charge >= 0.3 is 0 Å². The van der Waals surface area contributed by atoms with Gasteiger partial charge in [0.25, 0.3) is 0 Å². The summed E-state index contributed by atoms with van der Waals surface area (Å²) in [4.78, 5) is 24.3. The molecule has 1 aliphatic heterocycles. The molecule has 0 saturated carbocycles. The second kappa shape index (κ2) is 4.80. The van der Waals surface area contributed by atoms with Crippen molar-refractivity contribution in [2.45, 2.75) is 13.3 Å². The van der Waals surface area contributed by atoms with Crippen LogP contribution in [0.2, 0.25) is 0 Å². The molecule has 0 aromatic carbocycles. The van der Waals surface area contributed by atoms with Gasteiger partial charge in [0.05, 0.1) is 18.1 Å². The predicted octanol–water partition coefficient (Wildman–Crippen LogP) is 1.45. The van der Waals surface area contributed by atoms with Crippen LogP contribution in [-0.4, -0.2) is 29.0 Å². The van der Waals surface area contributed by atoms with Gasteiger partial charge in [0.1, 0.15) is 0 Å². The van der Waals surface area contributed by atoms with Crippen LogP contribution in [0.15, 0.2) is 17.5 Å². The van der Waals surface area contributed by atoms with Crippen LogP contribution < -0.4 is 4.90 Å². The van der Waals surface area contributed by atoms with Crippen molar-refractivity contribution in [1.29, 1.82) is 0 Å². The number of anilines is 1. The normalized spacial score (nSPS) is 19.2. The molecular formula is C10H12N6O. The molecule has 0 radical (unpaired) electrons. The standard InChI is InChI=1S/C10H12N6O/c1-7-3-13-9(5-12-7)16-6-8(2-10(16)17)4-14-15-11/h3,5,8H,2,4,6H2,1H3. The maximum atomic E-state index is 11.8. The topological polar surface area (TPSA) is 94.9 Å². The number of amides is 1. The Bertz CT molecular complexity index is 464. The molecule has 7 nitrogen and oxygen atoms in total. The molecule has 1 aromatic rings. The van der Waals surface area contributed by atoms with E-state index in [0.717, 1.165) is 5.69 Å². The summed E-state index contributed by atoms with van der Waals surface area (Å²) in [6.07, 6.45) is 3.61. The van der Waals surface area contributed by atoms with Gasteiger partial charge in [-0.3, -0.25) is 14.7 Å². The number of aromatic nitrogens is 2. The van der Waals surface area contributed by atoms with Crippen LogP contribution >= 0.6 is 0 Å². The number of nitrogens with zero attached hydrogens (tertiary/aromatic N) is 6. The fourth-order valence-corrected chi connectivity index (χ4v) is 1.80. The monoisotopic (exact) mass is 232 g/mol. The lowest BCUT2D eigenvalue weighted by Gasteiger charge is -2.14. The van der Waals surface area contributed by atoms with Crippen LogP contribution in [0.3, 0.4) is 0 Å². The molecule has 1 fully saturated rings. The van der Waals surface area contributed by atoms with Crippen LogP contribution in [0.1, 0.15) is 12.1 Å². The Kier molecular flexibility index (Phi) is 3.20. The van der Waals surface area contributed by atoms with E-state index in [9.17, 15) is 4.79 Å². The number of carbonyl (C=O) groups is 1. The molecular weight excluding hydrogens is 220 g/mol. The fraction of sp³-hybridized carbons (Fsp3) is 0.500. The number of hydrogen-bond acceptors (Lipinski definition) is 4. The van der Waals surface area contributed by atoms with E-state index in [-0.39, 0.29) is 11.8 Å². The maximum Gasteiger partial charge on any atom is 0.228 e. The summed E-state index contributed by atoms with van der Waals surface area (Å²) >= 11 is 0. The van der Waals surface area contributed by atoms with E-state index in [1.807, 2.05) is 6.92 Å². The highest BCUT2D eigenvalue weighted by Gasteiger charge is 2.30. The van der Waals surface area contributed by atoms with Crippen molar-refractivity contribution in [3.8, 4) is 0 Å². The van der Waals surface area contributed by atoms with Crippen LogP contribution in [-0.2, 0) is 4.79 Å². The van der Waals surface area contributed by atoms with E-state index in [2.05, 4.69) is 20.0 Å². The van der Waals surface area contributed by atoms with Crippen LogP contribution in [0.25, 0.3) is 10.4 Å². The first-order chi connectivity index (χ1) is 8.20. The SMILES string of the molecule is Cc1cnc(N2CC(CN=[N+]=[N-])CC2=O)cn1. The van der Waals surface area contributed by atoms with Gasteiger partial charge in [-0.15, -0.1) is 0 Å². The Labute approximate surface area is 98.1 Å². The molecule has 1 aliphatic rings. The van der Waals surface area contributed by atoms with Gasteiger partial charge in [-0.2, -0.15) is 0 Å². The van der Waals surface area contributed by atoms with Crippen molar-refractivity contribution in [3.63, 3.8) is 0 Å². The van der Waals surface area contributed by atoms with Gasteiger partial charge in [0.15, 0.2) is 5.82 Å². The van der Waals surface area contributed by atoms with Gasteiger partial charge < -0.3 is 0 Å². The fourth-order valence-electron chi connectivity index (χ4n) is 1.80. The van der Waals surface area contributed by atoms with Crippen molar-refractivity contribution >= 4 is 11.7 Å². The minimum absolute atomic E-state index is 0.00120. The van der Waals surface area contributed by atoms with Gasteiger partial charge in [-0.25, -0.2) is 4.98 Å². The highest BCUT2D eigenvalue weighted by molar-refractivity contribution is 5.94. The van der Waals surface area contributed by atoms with Crippen LogP contribution in [0, 0.1) is 12.8 Å². The van der Waals surface area contributed by atoms with E-state index in [0.29, 0.717) is 25.3 Å². The third kappa shape index (κ3) is 2.51. The van der Waals surface area contributed by atoms with Gasteiger partial charge in [-0.1, -0.05) is 5.11 Å². The van der Waals surface area contributed by atoms with E-state index < -0.39 is 0 Å². The number of aryl methyl sites for hydroxylation is 1. The number of hydrogen-bond donors (Lipinski definition) is 0. The number of rotatable bonds is 3. The average Bonchev–Trinajstić information content (AvgIpc) is 2.69. The smallest absolute Gasteiger partial charge is 0.228 e. The minimum Gasteiger partial charge on any atom is -0.295 e. The molecule has 1 unspecified atom stereocenters. The Morgan fingerprint density at radius 2 is 2.41 bits per heavy atom. The second-order valence-electron chi connectivity index (χ2n) is 4.00. The molecule has 17 heavy (non-hydrogen) atoms. The van der Waals surface area contributed by atoms with Gasteiger partial charge in [-0.05, 0) is 18.4 Å². The van der Waals surface area contributed by atoms with Crippen LogP contribution in [0.4, 0.5) is 5.82 Å². The van der Waals surface area contributed by atoms with Crippen molar-refractivity contribution < 1.29 is 4.79 Å². The molecule has 2 rings (SSSR count). The lowest BCUT2D eigenvalue weighted by atomic mass is 10.1. The summed E-state index contributed by atoms with van der Waals surface area (Å²) in [7, 11) is 0. The molecule has 0 aliphatic carbocycles. The number of azide groups is 1. The van der Waals surface area contributed by atoms with Crippen molar-refractivity contribution in [3.05, 3.63) is 28.5 Å². The van der Waals surface area contributed by atoms with Crippen molar-refractivity contribution in [2.75, 3.05) is 18.0 Å². The first-order valence-electron chi connectivity index (χ1n) is 5.30. The summed E-state index contributed by atoms with van der Waals surface area (Å²) in [5, 5.41) is 3.50. The predicted molar refractivity (Wildman–Crippen MR) is 61.2 cm³/mol. The zero-order chi connectivity index (χ0) is 12.3. The highest BCUT2D eigenvalue weighted by atomic mass is 16.2.